The molecule has 4 rings (SSSR count). The van der Waals surface area contributed by atoms with E-state index >= 15 is 0 Å². The molecule has 0 aliphatic carbocycles. The average Bonchev–Trinajstić information content (AvgIpc) is 3.27. The minimum Gasteiger partial charge on any atom is -0.493 e. The SMILES string of the molecule is COc1ccc(-n2c(SCC(=O)N3CCCCC3)nnc2-c2ccccc2)cc1OC. The highest BCUT2D eigenvalue weighted by molar-refractivity contribution is 7.99. The summed E-state index contributed by atoms with van der Waals surface area (Å²) in [6.45, 7) is 1.69. The third-order valence-electron chi connectivity index (χ3n) is 5.32. The molecule has 0 radical (unpaired) electrons. The van der Waals surface area contributed by atoms with Crippen LogP contribution in [-0.2, 0) is 4.79 Å². The monoisotopic (exact) mass is 438 g/mol. The fourth-order valence-electron chi connectivity index (χ4n) is 3.70. The van der Waals surface area contributed by atoms with Gasteiger partial charge < -0.3 is 14.4 Å². The number of ether oxygens (including phenoxy) is 2. The lowest BCUT2D eigenvalue weighted by atomic mass is 10.1. The summed E-state index contributed by atoms with van der Waals surface area (Å²) in [6.07, 6.45) is 3.36. The smallest absolute Gasteiger partial charge is 0.233 e. The molecule has 1 fully saturated rings. The second-order valence-corrected chi connectivity index (χ2v) is 8.22. The van der Waals surface area contributed by atoms with E-state index in [4.69, 9.17) is 9.47 Å². The van der Waals surface area contributed by atoms with E-state index in [1.807, 2.05) is 58.0 Å². The van der Waals surface area contributed by atoms with Crippen LogP contribution >= 0.6 is 11.8 Å². The zero-order valence-corrected chi connectivity index (χ0v) is 18.6. The van der Waals surface area contributed by atoms with Crippen LogP contribution in [0.1, 0.15) is 19.3 Å². The molecule has 1 aliphatic heterocycles. The first kappa shape index (κ1) is 21.2. The van der Waals surface area contributed by atoms with Crippen LogP contribution in [0.25, 0.3) is 17.1 Å². The highest BCUT2D eigenvalue weighted by atomic mass is 32.2. The Morgan fingerprint density at radius 2 is 1.71 bits per heavy atom. The minimum atomic E-state index is 0.146. The van der Waals surface area contributed by atoms with Crippen molar-refractivity contribution in [3.05, 3.63) is 48.5 Å². The van der Waals surface area contributed by atoms with Gasteiger partial charge in [-0.15, -0.1) is 10.2 Å². The van der Waals surface area contributed by atoms with Gasteiger partial charge in [0, 0.05) is 24.7 Å². The topological polar surface area (TPSA) is 69.5 Å². The summed E-state index contributed by atoms with van der Waals surface area (Å²) in [7, 11) is 3.22. The summed E-state index contributed by atoms with van der Waals surface area (Å²) < 4.78 is 12.8. The van der Waals surface area contributed by atoms with Crippen molar-refractivity contribution in [3.63, 3.8) is 0 Å². The number of benzene rings is 2. The first-order chi connectivity index (χ1) is 15.2. The van der Waals surface area contributed by atoms with Gasteiger partial charge in [0.2, 0.25) is 5.91 Å². The van der Waals surface area contributed by atoms with E-state index < -0.39 is 0 Å². The molecular weight excluding hydrogens is 412 g/mol. The lowest BCUT2D eigenvalue weighted by Gasteiger charge is -2.26. The lowest BCUT2D eigenvalue weighted by Crippen LogP contribution is -2.36. The van der Waals surface area contributed by atoms with Crippen molar-refractivity contribution in [3.8, 4) is 28.6 Å². The van der Waals surface area contributed by atoms with Gasteiger partial charge in [0.15, 0.2) is 22.5 Å². The van der Waals surface area contributed by atoms with Gasteiger partial charge in [-0.2, -0.15) is 0 Å². The third kappa shape index (κ3) is 4.69. The molecule has 1 aromatic heterocycles. The van der Waals surface area contributed by atoms with Gasteiger partial charge in [-0.3, -0.25) is 9.36 Å². The van der Waals surface area contributed by atoms with Crippen molar-refractivity contribution in [1.29, 1.82) is 0 Å². The molecule has 0 N–H and O–H groups in total. The minimum absolute atomic E-state index is 0.146. The van der Waals surface area contributed by atoms with Crippen LogP contribution in [0.3, 0.4) is 0 Å². The van der Waals surface area contributed by atoms with Crippen LogP contribution < -0.4 is 9.47 Å². The number of hydrogen-bond acceptors (Lipinski definition) is 6. The number of rotatable bonds is 7. The summed E-state index contributed by atoms with van der Waals surface area (Å²) in [5.41, 5.74) is 1.79. The van der Waals surface area contributed by atoms with Crippen LogP contribution in [0.15, 0.2) is 53.7 Å². The molecule has 2 aromatic carbocycles. The highest BCUT2D eigenvalue weighted by Gasteiger charge is 2.21. The van der Waals surface area contributed by atoms with Gasteiger partial charge in [0.1, 0.15) is 0 Å². The molecule has 31 heavy (non-hydrogen) atoms. The molecular formula is C23H26N4O3S. The average molecular weight is 439 g/mol. The van der Waals surface area contributed by atoms with Crippen molar-refractivity contribution >= 4 is 17.7 Å². The Balaban J connectivity index is 1.67. The Kier molecular flexibility index (Phi) is 6.76. The van der Waals surface area contributed by atoms with E-state index in [0.717, 1.165) is 37.2 Å². The molecule has 0 saturated carbocycles. The first-order valence-corrected chi connectivity index (χ1v) is 11.3. The molecule has 0 spiro atoms. The van der Waals surface area contributed by atoms with E-state index in [1.54, 1.807) is 14.2 Å². The van der Waals surface area contributed by atoms with E-state index in [2.05, 4.69) is 10.2 Å². The predicted molar refractivity (Wildman–Crippen MR) is 121 cm³/mol. The molecule has 2 heterocycles. The molecule has 1 amide bonds. The maximum absolute atomic E-state index is 12.7. The van der Waals surface area contributed by atoms with Gasteiger partial charge in [0.05, 0.1) is 25.7 Å². The Labute approximate surface area is 186 Å². The zero-order chi connectivity index (χ0) is 21.6. The van der Waals surface area contributed by atoms with Gasteiger partial charge in [-0.25, -0.2) is 0 Å². The number of likely N-dealkylation sites (tertiary alicyclic amines) is 1. The van der Waals surface area contributed by atoms with Gasteiger partial charge in [-0.1, -0.05) is 42.1 Å². The van der Waals surface area contributed by atoms with Crippen LogP contribution in [-0.4, -0.2) is 58.6 Å². The predicted octanol–water partition coefficient (Wildman–Crippen LogP) is 4.06. The Morgan fingerprint density at radius 1 is 0.968 bits per heavy atom. The van der Waals surface area contributed by atoms with E-state index in [1.165, 1.54) is 18.2 Å². The fourth-order valence-corrected chi connectivity index (χ4v) is 4.55. The maximum atomic E-state index is 12.7. The summed E-state index contributed by atoms with van der Waals surface area (Å²) in [5.74, 6) is 2.46. The molecule has 0 bridgehead atoms. The molecule has 1 saturated heterocycles. The van der Waals surface area contributed by atoms with Gasteiger partial charge in [0.25, 0.3) is 0 Å². The van der Waals surface area contributed by atoms with Crippen molar-refractivity contribution in [1.82, 2.24) is 19.7 Å². The summed E-state index contributed by atoms with van der Waals surface area (Å²) in [5, 5.41) is 9.53. The van der Waals surface area contributed by atoms with E-state index in [0.29, 0.717) is 28.2 Å². The fraction of sp³-hybridized carbons (Fsp3) is 0.348. The highest BCUT2D eigenvalue weighted by Crippen LogP contribution is 2.33. The number of carbonyl (C=O) groups is 1. The number of carbonyl (C=O) groups excluding carboxylic acids is 1. The number of methoxy groups -OCH3 is 2. The van der Waals surface area contributed by atoms with Crippen LogP contribution in [0.2, 0.25) is 0 Å². The van der Waals surface area contributed by atoms with Crippen LogP contribution in [0.4, 0.5) is 0 Å². The van der Waals surface area contributed by atoms with Crippen molar-refractivity contribution in [2.45, 2.75) is 24.4 Å². The van der Waals surface area contributed by atoms with Gasteiger partial charge >= 0.3 is 0 Å². The Bertz CT molecular complexity index is 1030. The normalized spacial score (nSPS) is 13.8. The number of aromatic nitrogens is 3. The van der Waals surface area contributed by atoms with Crippen molar-refractivity contribution < 1.29 is 14.3 Å². The third-order valence-corrected chi connectivity index (χ3v) is 6.24. The second-order valence-electron chi connectivity index (χ2n) is 7.28. The largest absolute Gasteiger partial charge is 0.493 e. The van der Waals surface area contributed by atoms with E-state index in [9.17, 15) is 4.79 Å². The number of hydrogen-bond donors (Lipinski definition) is 0. The van der Waals surface area contributed by atoms with E-state index in [-0.39, 0.29) is 5.91 Å². The molecule has 3 aromatic rings. The molecule has 8 heteroatoms. The molecule has 162 valence electrons. The maximum Gasteiger partial charge on any atom is 0.233 e. The van der Waals surface area contributed by atoms with Crippen LogP contribution in [0.5, 0.6) is 11.5 Å². The van der Waals surface area contributed by atoms with Gasteiger partial charge in [-0.05, 0) is 31.4 Å². The second kappa shape index (κ2) is 9.87. The lowest BCUT2D eigenvalue weighted by molar-refractivity contribution is -0.129. The van der Waals surface area contributed by atoms with Crippen LogP contribution in [0, 0.1) is 0 Å². The first-order valence-electron chi connectivity index (χ1n) is 10.3. The number of thioether (sulfide) groups is 1. The summed E-state index contributed by atoms with van der Waals surface area (Å²) in [6, 6.07) is 15.6. The summed E-state index contributed by atoms with van der Waals surface area (Å²) >= 11 is 1.41. The van der Waals surface area contributed by atoms with Crippen molar-refractivity contribution in [2.24, 2.45) is 0 Å². The van der Waals surface area contributed by atoms with Crippen molar-refractivity contribution in [2.75, 3.05) is 33.1 Å². The molecule has 7 nitrogen and oxygen atoms in total. The number of nitrogens with zero attached hydrogens (tertiary/aromatic N) is 4. The molecule has 0 unspecified atom stereocenters. The zero-order valence-electron chi connectivity index (χ0n) is 17.8. The quantitative estimate of drug-likeness (QED) is 0.518. The molecule has 1 aliphatic rings. The molecule has 0 atom stereocenters. The number of piperidine rings is 1. The summed E-state index contributed by atoms with van der Waals surface area (Å²) in [4.78, 5) is 14.6. The number of amides is 1. The Morgan fingerprint density at radius 3 is 2.42 bits per heavy atom. The Hall–Kier alpha value is -3.00. The standard InChI is InChI=1S/C23H26N4O3S/c1-29-19-12-11-18(15-20(19)30-2)27-22(17-9-5-3-6-10-17)24-25-23(27)31-16-21(28)26-13-7-4-8-14-26/h3,5-6,9-12,15H,4,7-8,13-14,16H2,1-2H3.